The zero-order valence-corrected chi connectivity index (χ0v) is 14.5. The number of aliphatic hydroxyl groups is 1. The molecule has 0 bridgehead atoms. The van der Waals surface area contributed by atoms with Crippen LogP contribution < -0.4 is 11.1 Å². The summed E-state index contributed by atoms with van der Waals surface area (Å²) in [6.45, 7) is 0.215. The van der Waals surface area contributed by atoms with Gasteiger partial charge in [0.25, 0.3) is 5.91 Å². The first-order valence-corrected chi connectivity index (χ1v) is 8.58. The lowest BCUT2D eigenvalue weighted by atomic mass is 10.0. The van der Waals surface area contributed by atoms with Crippen molar-refractivity contribution in [1.82, 2.24) is 15.0 Å². The van der Waals surface area contributed by atoms with Gasteiger partial charge in [-0.1, -0.05) is 23.5 Å². The highest BCUT2D eigenvalue weighted by molar-refractivity contribution is 7.19. The van der Waals surface area contributed by atoms with Gasteiger partial charge in [0, 0.05) is 6.54 Å². The Balaban J connectivity index is 1.68. The number of nitrogens with zero attached hydrogens (tertiary/aromatic N) is 3. The molecule has 1 unspecified atom stereocenters. The molecule has 142 valence electrons. The molecule has 0 aliphatic rings. The maximum Gasteiger partial charge on any atom is 0.416 e. The Morgan fingerprint density at radius 1 is 1.33 bits per heavy atom. The Hall–Kier alpha value is -2.79. The summed E-state index contributed by atoms with van der Waals surface area (Å²) in [5, 5.41) is 13.2. The van der Waals surface area contributed by atoms with Crippen LogP contribution in [0.3, 0.4) is 0 Å². The number of rotatable bonds is 6. The number of nitrogens with two attached hydrogens (primary N) is 1. The van der Waals surface area contributed by atoms with E-state index in [4.69, 9.17) is 5.73 Å². The van der Waals surface area contributed by atoms with E-state index in [1.54, 1.807) is 0 Å². The number of thiazole rings is 1. The van der Waals surface area contributed by atoms with Crippen LogP contribution >= 0.6 is 11.3 Å². The van der Waals surface area contributed by atoms with E-state index in [1.165, 1.54) is 18.5 Å². The van der Waals surface area contributed by atoms with E-state index >= 15 is 0 Å². The molecule has 1 atom stereocenters. The first kappa shape index (κ1) is 19.0. The molecule has 4 N–H and O–H groups in total. The molecule has 3 rings (SSSR count). The summed E-state index contributed by atoms with van der Waals surface area (Å²) in [6.07, 6.45) is -4.13. The Labute approximate surface area is 155 Å². The molecular formula is C16H14F3N5O2S. The number of aromatic nitrogens is 3. The minimum absolute atomic E-state index is 0.0950. The van der Waals surface area contributed by atoms with Crippen molar-refractivity contribution in [2.75, 3.05) is 11.9 Å². The molecule has 0 radical (unpaired) electrons. The van der Waals surface area contributed by atoms with E-state index in [2.05, 4.69) is 20.3 Å². The third kappa shape index (κ3) is 4.31. The van der Waals surface area contributed by atoms with Crippen molar-refractivity contribution in [2.45, 2.75) is 18.7 Å². The number of halogens is 3. The maximum absolute atomic E-state index is 12.8. The van der Waals surface area contributed by atoms with Gasteiger partial charge >= 0.3 is 6.18 Å². The third-order valence-electron chi connectivity index (χ3n) is 3.72. The lowest BCUT2D eigenvalue weighted by Gasteiger charge is -2.14. The highest BCUT2D eigenvalue weighted by atomic mass is 32.1. The number of hydrogen-bond donors (Lipinski definition) is 3. The Bertz CT molecular complexity index is 976. The van der Waals surface area contributed by atoms with Crippen LogP contribution in [0, 0.1) is 0 Å². The van der Waals surface area contributed by atoms with Gasteiger partial charge in [-0.3, -0.25) is 4.79 Å². The minimum Gasteiger partial charge on any atom is -0.388 e. The fourth-order valence-electron chi connectivity index (χ4n) is 2.40. The van der Waals surface area contributed by atoms with Crippen LogP contribution in [0.2, 0.25) is 0 Å². The molecule has 1 aromatic carbocycles. The zero-order valence-electron chi connectivity index (χ0n) is 13.7. The molecule has 0 saturated carbocycles. The fourth-order valence-corrected chi connectivity index (χ4v) is 3.16. The van der Waals surface area contributed by atoms with Crippen LogP contribution in [0.1, 0.15) is 33.5 Å². The van der Waals surface area contributed by atoms with E-state index in [9.17, 15) is 23.1 Å². The summed E-state index contributed by atoms with van der Waals surface area (Å²) in [5.41, 5.74) is 4.92. The number of aliphatic hydroxyl groups excluding tert-OH is 1. The van der Waals surface area contributed by atoms with E-state index in [-0.39, 0.29) is 23.5 Å². The highest BCUT2D eigenvalue weighted by Gasteiger charge is 2.30. The van der Waals surface area contributed by atoms with Gasteiger partial charge in [0.1, 0.15) is 16.7 Å². The van der Waals surface area contributed by atoms with Crippen LogP contribution in [-0.2, 0) is 6.18 Å². The SMILES string of the molecule is NC(=O)c1nc2c(NCCC(O)c3cccc(C(F)(F)F)c3)ncnc2s1. The van der Waals surface area contributed by atoms with Gasteiger partial charge in [0.15, 0.2) is 10.8 Å². The topological polar surface area (TPSA) is 114 Å². The van der Waals surface area contributed by atoms with Crippen molar-refractivity contribution in [3.05, 3.63) is 46.7 Å². The summed E-state index contributed by atoms with van der Waals surface area (Å²) >= 11 is 1.03. The molecule has 3 aromatic rings. The van der Waals surface area contributed by atoms with Crippen LogP contribution in [-0.4, -0.2) is 32.5 Å². The van der Waals surface area contributed by atoms with E-state index in [1.807, 2.05) is 0 Å². The van der Waals surface area contributed by atoms with Crippen LogP contribution in [0.25, 0.3) is 10.3 Å². The maximum atomic E-state index is 12.8. The second-order valence-electron chi connectivity index (χ2n) is 5.61. The molecule has 1 amide bonds. The predicted molar refractivity (Wildman–Crippen MR) is 93.2 cm³/mol. The molecule has 0 aliphatic carbocycles. The van der Waals surface area contributed by atoms with Crippen LogP contribution in [0.5, 0.6) is 0 Å². The molecule has 0 aliphatic heterocycles. The van der Waals surface area contributed by atoms with Gasteiger partial charge in [-0.05, 0) is 24.1 Å². The summed E-state index contributed by atoms with van der Waals surface area (Å²) in [7, 11) is 0. The van der Waals surface area contributed by atoms with Gasteiger partial charge in [-0.2, -0.15) is 13.2 Å². The summed E-state index contributed by atoms with van der Waals surface area (Å²) in [6, 6.07) is 4.56. The quantitative estimate of drug-likeness (QED) is 0.589. The number of carbonyl (C=O) groups is 1. The molecule has 0 spiro atoms. The number of benzene rings is 1. The summed E-state index contributed by atoms with van der Waals surface area (Å²) in [5.74, 6) is -0.330. The number of carbonyl (C=O) groups excluding carboxylic acids is 1. The Morgan fingerprint density at radius 3 is 2.81 bits per heavy atom. The number of primary amides is 1. The molecule has 2 aromatic heterocycles. The first-order chi connectivity index (χ1) is 12.8. The lowest BCUT2D eigenvalue weighted by molar-refractivity contribution is -0.137. The van der Waals surface area contributed by atoms with Crippen molar-refractivity contribution in [3.8, 4) is 0 Å². The smallest absolute Gasteiger partial charge is 0.388 e. The second-order valence-corrected chi connectivity index (χ2v) is 6.59. The molecule has 11 heteroatoms. The molecule has 7 nitrogen and oxygen atoms in total. The van der Waals surface area contributed by atoms with E-state index in [0.29, 0.717) is 16.2 Å². The standard InChI is InChI=1S/C16H14F3N5O2S/c17-16(18,19)9-3-1-2-8(6-9)10(25)4-5-21-13-11-14(23-7-22-13)27-15(24-11)12(20)26/h1-3,6-7,10,25H,4-5H2,(H2,20,26)(H,21,22,23). The molecule has 27 heavy (non-hydrogen) atoms. The lowest BCUT2D eigenvalue weighted by Crippen LogP contribution is -2.11. The minimum atomic E-state index is -4.47. The van der Waals surface area contributed by atoms with Crippen LogP contribution in [0.4, 0.5) is 19.0 Å². The van der Waals surface area contributed by atoms with Gasteiger partial charge < -0.3 is 16.2 Å². The molecular weight excluding hydrogens is 383 g/mol. The molecule has 0 saturated heterocycles. The molecule has 0 fully saturated rings. The third-order valence-corrected chi connectivity index (χ3v) is 4.69. The largest absolute Gasteiger partial charge is 0.416 e. The number of alkyl halides is 3. The van der Waals surface area contributed by atoms with Gasteiger partial charge in [-0.15, -0.1) is 0 Å². The molecule has 2 heterocycles. The number of fused-ring (bicyclic) bond motifs is 1. The zero-order chi connectivity index (χ0) is 19.6. The Kier molecular flexibility index (Phi) is 5.24. The number of hydrogen-bond acceptors (Lipinski definition) is 7. The monoisotopic (exact) mass is 397 g/mol. The second kappa shape index (κ2) is 7.45. The van der Waals surface area contributed by atoms with Gasteiger partial charge in [0.05, 0.1) is 11.7 Å². The van der Waals surface area contributed by atoms with E-state index < -0.39 is 23.8 Å². The summed E-state index contributed by atoms with van der Waals surface area (Å²) in [4.78, 5) is 23.8. The highest BCUT2D eigenvalue weighted by Crippen LogP contribution is 2.31. The van der Waals surface area contributed by atoms with Crippen molar-refractivity contribution in [3.63, 3.8) is 0 Å². The van der Waals surface area contributed by atoms with Gasteiger partial charge in [-0.25, -0.2) is 15.0 Å². The van der Waals surface area contributed by atoms with Gasteiger partial charge in [0.2, 0.25) is 0 Å². The van der Waals surface area contributed by atoms with Crippen molar-refractivity contribution < 1.29 is 23.1 Å². The Morgan fingerprint density at radius 2 is 2.11 bits per heavy atom. The van der Waals surface area contributed by atoms with Crippen molar-refractivity contribution in [2.24, 2.45) is 5.73 Å². The number of amides is 1. The number of nitrogens with one attached hydrogen (secondary N) is 1. The number of anilines is 1. The van der Waals surface area contributed by atoms with Crippen molar-refractivity contribution >= 4 is 33.4 Å². The summed E-state index contributed by atoms with van der Waals surface area (Å²) < 4.78 is 38.3. The van der Waals surface area contributed by atoms with E-state index in [0.717, 1.165) is 23.5 Å². The first-order valence-electron chi connectivity index (χ1n) is 7.76. The van der Waals surface area contributed by atoms with Crippen LogP contribution in [0.15, 0.2) is 30.6 Å². The average molecular weight is 397 g/mol. The average Bonchev–Trinajstić information content (AvgIpc) is 3.06. The van der Waals surface area contributed by atoms with Crippen molar-refractivity contribution in [1.29, 1.82) is 0 Å². The normalized spacial score (nSPS) is 12.9. The predicted octanol–water partition coefficient (Wildman–Crippen LogP) is 2.74. The fraction of sp³-hybridized carbons (Fsp3) is 0.250.